The first-order valence-corrected chi connectivity index (χ1v) is 4.82. The molecular weight excluding hydrogens is 204 g/mol. The molecule has 0 aliphatic heterocycles. The summed E-state index contributed by atoms with van der Waals surface area (Å²) in [5, 5.41) is 9.63. The minimum Gasteiger partial charge on any atom is -0.472 e. The van der Waals surface area contributed by atoms with Crippen molar-refractivity contribution in [3.8, 4) is 5.88 Å². The summed E-state index contributed by atoms with van der Waals surface area (Å²) in [6.07, 6.45) is 1.66. The lowest BCUT2D eigenvalue weighted by molar-refractivity contribution is 0.349. The molecule has 5 heteroatoms. The Labute approximate surface area is 92.9 Å². The van der Waals surface area contributed by atoms with Gasteiger partial charge in [-0.05, 0) is 6.07 Å². The third kappa shape index (κ3) is 1.80. The van der Waals surface area contributed by atoms with E-state index in [1.165, 1.54) is 0 Å². The van der Waals surface area contributed by atoms with E-state index in [0.717, 1.165) is 10.8 Å². The van der Waals surface area contributed by atoms with Crippen LogP contribution in [-0.4, -0.2) is 16.8 Å². The van der Waals surface area contributed by atoms with Gasteiger partial charge in [0, 0.05) is 10.8 Å². The van der Waals surface area contributed by atoms with Crippen LogP contribution < -0.4 is 16.0 Å². The third-order valence-electron chi connectivity index (χ3n) is 2.13. The second kappa shape index (κ2) is 4.59. The molecule has 2 aromatic rings. The van der Waals surface area contributed by atoms with E-state index in [1.54, 1.807) is 6.08 Å². The van der Waals surface area contributed by atoms with Crippen LogP contribution in [0.3, 0.4) is 0 Å². The molecule has 0 saturated heterocycles. The molecule has 0 spiro atoms. The highest BCUT2D eigenvalue weighted by Gasteiger charge is 2.08. The van der Waals surface area contributed by atoms with E-state index in [0.29, 0.717) is 18.3 Å². The summed E-state index contributed by atoms with van der Waals surface area (Å²) in [6.45, 7) is 3.98. The number of hydrazine groups is 1. The Morgan fingerprint density at radius 3 is 2.75 bits per heavy atom. The maximum Gasteiger partial charge on any atom is 0.241 e. The Bertz CT molecular complexity index is 512. The standard InChI is InChI=1S/C11H12N4O/c1-2-7-16-11-9-6-4-3-5-8(9)10(13-12)14-15-11/h2-6H,1,7,12H2,(H,13,14). The van der Waals surface area contributed by atoms with Gasteiger partial charge in [0.15, 0.2) is 5.82 Å². The Balaban J connectivity index is 2.55. The quantitative estimate of drug-likeness (QED) is 0.460. The van der Waals surface area contributed by atoms with Gasteiger partial charge in [-0.25, -0.2) is 5.84 Å². The topological polar surface area (TPSA) is 73.1 Å². The summed E-state index contributed by atoms with van der Waals surface area (Å²) < 4.78 is 5.41. The summed E-state index contributed by atoms with van der Waals surface area (Å²) in [7, 11) is 0. The molecule has 3 N–H and O–H groups in total. The van der Waals surface area contributed by atoms with E-state index in [9.17, 15) is 0 Å². The Kier molecular flexibility index (Phi) is 2.98. The summed E-state index contributed by atoms with van der Waals surface area (Å²) in [5.74, 6) is 6.37. The molecule has 0 bridgehead atoms. The first kappa shape index (κ1) is 10.4. The first-order chi connectivity index (χ1) is 7.86. The molecule has 82 valence electrons. The predicted molar refractivity (Wildman–Crippen MR) is 63.0 cm³/mol. The molecule has 0 atom stereocenters. The highest BCUT2D eigenvalue weighted by Crippen LogP contribution is 2.26. The molecular formula is C11H12N4O. The minimum atomic E-state index is 0.397. The molecule has 0 fully saturated rings. The average molecular weight is 216 g/mol. The number of anilines is 1. The van der Waals surface area contributed by atoms with Crippen LogP contribution in [0.25, 0.3) is 10.8 Å². The molecule has 0 amide bonds. The maximum absolute atomic E-state index is 5.41. The van der Waals surface area contributed by atoms with Crippen molar-refractivity contribution < 1.29 is 4.74 Å². The van der Waals surface area contributed by atoms with Crippen molar-refractivity contribution in [3.05, 3.63) is 36.9 Å². The fourth-order valence-electron chi connectivity index (χ4n) is 1.43. The number of fused-ring (bicyclic) bond motifs is 1. The zero-order valence-corrected chi connectivity index (χ0v) is 8.68. The second-order valence-corrected chi connectivity index (χ2v) is 3.14. The van der Waals surface area contributed by atoms with Gasteiger partial charge >= 0.3 is 0 Å². The van der Waals surface area contributed by atoms with E-state index < -0.39 is 0 Å². The average Bonchev–Trinajstić information content (AvgIpc) is 2.36. The van der Waals surface area contributed by atoms with Crippen LogP contribution in [0.5, 0.6) is 5.88 Å². The van der Waals surface area contributed by atoms with Gasteiger partial charge in [0.2, 0.25) is 5.88 Å². The van der Waals surface area contributed by atoms with Crippen molar-refractivity contribution in [3.63, 3.8) is 0 Å². The van der Waals surface area contributed by atoms with Gasteiger partial charge in [-0.2, -0.15) is 0 Å². The lowest BCUT2D eigenvalue weighted by Crippen LogP contribution is -2.10. The van der Waals surface area contributed by atoms with Gasteiger partial charge in [0.05, 0.1) is 0 Å². The number of ether oxygens (including phenoxy) is 1. The number of hydrogen-bond acceptors (Lipinski definition) is 5. The van der Waals surface area contributed by atoms with Crippen LogP contribution >= 0.6 is 0 Å². The second-order valence-electron chi connectivity index (χ2n) is 3.14. The van der Waals surface area contributed by atoms with E-state index in [-0.39, 0.29) is 0 Å². The monoisotopic (exact) mass is 216 g/mol. The van der Waals surface area contributed by atoms with Crippen LogP contribution in [-0.2, 0) is 0 Å². The van der Waals surface area contributed by atoms with Gasteiger partial charge < -0.3 is 10.2 Å². The molecule has 1 aromatic heterocycles. The number of benzene rings is 1. The Morgan fingerprint density at radius 2 is 2.06 bits per heavy atom. The summed E-state index contributed by atoms with van der Waals surface area (Å²) >= 11 is 0. The Morgan fingerprint density at radius 1 is 1.31 bits per heavy atom. The molecule has 0 radical (unpaired) electrons. The van der Waals surface area contributed by atoms with Gasteiger partial charge in [-0.3, -0.25) is 0 Å². The summed E-state index contributed by atoms with van der Waals surface area (Å²) in [6, 6.07) is 7.62. The zero-order chi connectivity index (χ0) is 11.4. The summed E-state index contributed by atoms with van der Waals surface area (Å²) in [4.78, 5) is 0. The molecule has 1 aromatic carbocycles. The van der Waals surface area contributed by atoms with E-state index in [4.69, 9.17) is 10.6 Å². The van der Waals surface area contributed by atoms with Crippen LogP contribution in [0, 0.1) is 0 Å². The van der Waals surface area contributed by atoms with Gasteiger partial charge in [0.1, 0.15) is 6.61 Å². The lowest BCUT2D eigenvalue weighted by Gasteiger charge is -2.08. The Hall–Kier alpha value is -2.14. The smallest absolute Gasteiger partial charge is 0.241 e. The largest absolute Gasteiger partial charge is 0.472 e. The van der Waals surface area contributed by atoms with Crippen molar-refractivity contribution in [2.75, 3.05) is 12.0 Å². The van der Waals surface area contributed by atoms with Crippen molar-refractivity contribution in [1.29, 1.82) is 0 Å². The van der Waals surface area contributed by atoms with Crippen molar-refractivity contribution >= 4 is 16.6 Å². The third-order valence-corrected chi connectivity index (χ3v) is 2.13. The molecule has 16 heavy (non-hydrogen) atoms. The molecule has 2 rings (SSSR count). The van der Waals surface area contributed by atoms with Crippen LogP contribution in [0.1, 0.15) is 0 Å². The van der Waals surface area contributed by atoms with Gasteiger partial charge in [-0.1, -0.05) is 30.9 Å². The highest BCUT2D eigenvalue weighted by atomic mass is 16.5. The number of rotatable bonds is 4. The van der Waals surface area contributed by atoms with Crippen molar-refractivity contribution in [1.82, 2.24) is 10.2 Å². The van der Waals surface area contributed by atoms with Crippen LogP contribution in [0.15, 0.2) is 36.9 Å². The molecule has 0 aliphatic carbocycles. The molecule has 0 saturated carbocycles. The highest BCUT2D eigenvalue weighted by molar-refractivity contribution is 5.94. The predicted octanol–water partition coefficient (Wildman–Crippen LogP) is 1.48. The van der Waals surface area contributed by atoms with Crippen LogP contribution in [0.4, 0.5) is 5.82 Å². The number of nitrogens with one attached hydrogen (secondary N) is 1. The molecule has 0 aliphatic rings. The number of aromatic nitrogens is 2. The van der Waals surface area contributed by atoms with E-state index >= 15 is 0 Å². The molecule has 0 unspecified atom stereocenters. The SMILES string of the molecule is C=CCOc1nnc(NN)c2ccccc12. The lowest BCUT2D eigenvalue weighted by atomic mass is 10.2. The number of nitrogens with two attached hydrogens (primary N) is 1. The number of nitrogen functional groups attached to an aromatic ring is 1. The normalized spacial score (nSPS) is 10.1. The first-order valence-electron chi connectivity index (χ1n) is 4.82. The maximum atomic E-state index is 5.41. The number of nitrogens with zero attached hydrogens (tertiary/aromatic N) is 2. The number of hydrogen-bond donors (Lipinski definition) is 2. The summed E-state index contributed by atoms with van der Waals surface area (Å²) in [5.41, 5.74) is 2.50. The van der Waals surface area contributed by atoms with Crippen LogP contribution in [0.2, 0.25) is 0 Å². The van der Waals surface area contributed by atoms with E-state index in [2.05, 4.69) is 22.2 Å². The van der Waals surface area contributed by atoms with Crippen molar-refractivity contribution in [2.45, 2.75) is 0 Å². The van der Waals surface area contributed by atoms with Crippen molar-refractivity contribution in [2.24, 2.45) is 5.84 Å². The fraction of sp³-hybridized carbons (Fsp3) is 0.0909. The fourth-order valence-corrected chi connectivity index (χ4v) is 1.43. The van der Waals surface area contributed by atoms with Gasteiger partial charge in [-0.15, -0.1) is 10.2 Å². The molecule has 1 heterocycles. The zero-order valence-electron chi connectivity index (χ0n) is 8.68. The minimum absolute atomic E-state index is 0.397. The molecule has 5 nitrogen and oxygen atoms in total. The van der Waals surface area contributed by atoms with Gasteiger partial charge in [0.25, 0.3) is 0 Å². The van der Waals surface area contributed by atoms with E-state index in [1.807, 2.05) is 24.3 Å².